The second-order valence-electron chi connectivity index (χ2n) is 8.08. The summed E-state index contributed by atoms with van der Waals surface area (Å²) in [5, 5.41) is 5.09. The van der Waals surface area contributed by atoms with Crippen molar-refractivity contribution in [3.05, 3.63) is 49.3 Å². The average molecular weight is 496 g/mol. The smallest absolute Gasteiger partial charge is 0.261 e. The summed E-state index contributed by atoms with van der Waals surface area (Å²) in [5.41, 5.74) is 3.82. The van der Waals surface area contributed by atoms with Crippen LogP contribution in [0.2, 0.25) is 5.02 Å². The number of amides is 1. The van der Waals surface area contributed by atoms with Crippen LogP contribution < -0.4 is 10.2 Å². The summed E-state index contributed by atoms with van der Waals surface area (Å²) in [4.78, 5) is 15.9. The maximum Gasteiger partial charge on any atom is 0.261 e. The molecule has 5 rings (SSSR count). The highest BCUT2D eigenvalue weighted by atomic mass is 79.9. The summed E-state index contributed by atoms with van der Waals surface area (Å²) in [6.45, 7) is 3.81. The van der Waals surface area contributed by atoms with E-state index in [1.807, 2.05) is 6.07 Å². The number of benzene rings is 1. The molecule has 1 unspecified atom stereocenters. The first kappa shape index (κ1) is 19.9. The maximum absolute atomic E-state index is 12.7. The van der Waals surface area contributed by atoms with E-state index in [9.17, 15) is 4.79 Å². The van der Waals surface area contributed by atoms with Gasteiger partial charge in [-0.15, -0.1) is 11.3 Å². The number of hydrogen-bond donors (Lipinski definition) is 1. The molecule has 0 spiro atoms. The Morgan fingerprint density at radius 2 is 1.93 bits per heavy atom. The number of ether oxygens (including phenoxy) is 1. The fourth-order valence-electron chi connectivity index (χ4n) is 4.96. The number of halogens is 2. The lowest BCUT2D eigenvalue weighted by Crippen LogP contribution is -2.36. The van der Waals surface area contributed by atoms with E-state index < -0.39 is 0 Å². The van der Waals surface area contributed by atoms with Crippen molar-refractivity contribution in [3.8, 4) is 0 Å². The molecule has 29 heavy (non-hydrogen) atoms. The summed E-state index contributed by atoms with van der Waals surface area (Å²) in [7, 11) is 0. The van der Waals surface area contributed by atoms with Crippen LogP contribution in [0.15, 0.2) is 22.7 Å². The van der Waals surface area contributed by atoms with Crippen molar-refractivity contribution in [2.75, 3.05) is 37.7 Å². The molecule has 1 saturated heterocycles. The maximum atomic E-state index is 12.7. The monoisotopic (exact) mass is 494 g/mol. The van der Waals surface area contributed by atoms with Crippen LogP contribution in [0.4, 0.5) is 5.00 Å². The van der Waals surface area contributed by atoms with Crippen LogP contribution in [0.5, 0.6) is 0 Å². The third-order valence-corrected chi connectivity index (χ3v) is 8.97. The van der Waals surface area contributed by atoms with E-state index >= 15 is 0 Å². The summed E-state index contributed by atoms with van der Waals surface area (Å²) in [6, 6.07) is 6.33. The van der Waals surface area contributed by atoms with E-state index in [-0.39, 0.29) is 11.8 Å². The normalized spacial score (nSPS) is 22.6. The quantitative estimate of drug-likeness (QED) is 0.608. The van der Waals surface area contributed by atoms with Gasteiger partial charge in [0.1, 0.15) is 5.00 Å². The molecule has 0 bridgehead atoms. The average Bonchev–Trinajstić information content (AvgIpc) is 3.39. The second-order valence-corrected chi connectivity index (χ2v) is 10.3. The summed E-state index contributed by atoms with van der Waals surface area (Å²) < 4.78 is 6.59. The van der Waals surface area contributed by atoms with Gasteiger partial charge in [0.05, 0.1) is 22.6 Å². The van der Waals surface area contributed by atoms with Crippen LogP contribution in [0.1, 0.15) is 63.9 Å². The van der Waals surface area contributed by atoms with Gasteiger partial charge in [0.2, 0.25) is 0 Å². The van der Waals surface area contributed by atoms with Crippen molar-refractivity contribution >= 4 is 49.8 Å². The van der Waals surface area contributed by atoms with Crippen LogP contribution in [0.25, 0.3) is 0 Å². The molecule has 1 aliphatic carbocycles. The largest absolute Gasteiger partial charge is 0.378 e. The first-order chi connectivity index (χ1) is 14.1. The zero-order valence-corrected chi connectivity index (χ0v) is 19.3. The number of anilines is 1. The number of nitrogens with one attached hydrogen (secondary N) is 1. The molecule has 0 radical (unpaired) electrons. The van der Waals surface area contributed by atoms with Gasteiger partial charge in [-0.1, -0.05) is 30.5 Å². The Balaban J connectivity index is 1.60. The van der Waals surface area contributed by atoms with Crippen molar-refractivity contribution in [3.63, 3.8) is 0 Å². The number of fused-ring (bicyclic) bond motifs is 1. The number of hydrogen-bond acceptors (Lipinski definition) is 4. The Labute approximate surface area is 188 Å². The topological polar surface area (TPSA) is 41.6 Å². The first-order valence-corrected chi connectivity index (χ1v) is 12.3. The van der Waals surface area contributed by atoms with Crippen LogP contribution in [-0.4, -0.2) is 38.8 Å². The van der Waals surface area contributed by atoms with Gasteiger partial charge in [0.15, 0.2) is 0 Å². The molecule has 3 heterocycles. The number of rotatable bonds is 3. The lowest BCUT2D eigenvalue weighted by atomic mass is 9.82. The molecule has 1 aromatic carbocycles. The predicted octanol–water partition coefficient (Wildman–Crippen LogP) is 5.53. The van der Waals surface area contributed by atoms with E-state index in [2.05, 4.69) is 38.3 Å². The molecule has 4 nitrogen and oxygen atoms in total. The number of thiophene rings is 1. The van der Waals surface area contributed by atoms with Crippen molar-refractivity contribution in [2.24, 2.45) is 0 Å². The van der Waals surface area contributed by atoms with Crippen molar-refractivity contribution in [1.29, 1.82) is 0 Å². The molecule has 2 aromatic rings. The molecule has 1 aromatic heterocycles. The standard InChI is InChI=1S/C22H24BrClN2O2S/c23-19-18-17(15-6-5-14(24)11-16(15)13-3-1-2-4-13)12-25-21(27)20(18)29-22(19)26-7-9-28-10-8-26/h5-6,11,13,17H,1-4,7-10,12H2,(H,25,27). The zero-order valence-electron chi connectivity index (χ0n) is 16.2. The van der Waals surface area contributed by atoms with Crippen LogP contribution in [0.3, 0.4) is 0 Å². The van der Waals surface area contributed by atoms with E-state index in [1.54, 1.807) is 11.3 Å². The van der Waals surface area contributed by atoms with Gasteiger partial charge in [0, 0.05) is 36.1 Å². The molecule has 3 aliphatic rings. The highest BCUT2D eigenvalue weighted by Gasteiger charge is 2.36. The lowest BCUT2D eigenvalue weighted by molar-refractivity contribution is 0.0947. The van der Waals surface area contributed by atoms with Crippen LogP contribution >= 0.6 is 38.9 Å². The Morgan fingerprint density at radius 3 is 2.69 bits per heavy atom. The van der Waals surface area contributed by atoms with Gasteiger partial charge in [-0.2, -0.15) is 0 Å². The van der Waals surface area contributed by atoms with Gasteiger partial charge in [-0.3, -0.25) is 4.79 Å². The summed E-state index contributed by atoms with van der Waals surface area (Å²) in [5.74, 6) is 0.759. The Hall–Kier alpha value is -1.08. The number of nitrogens with zero attached hydrogens (tertiary/aromatic N) is 1. The van der Waals surface area contributed by atoms with Gasteiger partial charge in [-0.25, -0.2) is 0 Å². The van der Waals surface area contributed by atoms with E-state index in [4.69, 9.17) is 16.3 Å². The zero-order chi connectivity index (χ0) is 20.0. The molecular weight excluding hydrogens is 472 g/mol. The highest BCUT2D eigenvalue weighted by Crippen LogP contribution is 2.49. The van der Waals surface area contributed by atoms with Crippen molar-refractivity contribution in [1.82, 2.24) is 5.32 Å². The fraction of sp³-hybridized carbons (Fsp3) is 0.500. The Morgan fingerprint density at radius 1 is 1.17 bits per heavy atom. The predicted molar refractivity (Wildman–Crippen MR) is 122 cm³/mol. The first-order valence-electron chi connectivity index (χ1n) is 10.4. The molecule has 1 amide bonds. The number of carbonyl (C=O) groups is 1. The van der Waals surface area contributed by atoms with Crippen LogP contribution in [-0.2, 0) is 4.74 Å². The van der Waals surface area contributed by atoms with Gasteiger partial charge in [0.25, 0.3) is 5.91 Å². The molecule has 1 atom stereocenters. The van der Waals surface area contributed by atoms with Gasteiger partial charge >= 0.3 is 0 Å². The van der Waals surface area contributed by atoms with Gasteiger partial charge < -0.3 is 15.0 Å². The van der Waals surface area contributed by atoms with Crippen LogP contribution in [0, 0.1) is 0 Å². The minimum Gasteiger partial charge on any atom is -0.378 e. The molecule has 7 heteroatoms. The summed E-state index contributed by atoms with van der Waals surface area (Å²) in [6.07, 6.45) is 5.02. The molecular formula is C22H24BrClN2O2S. The van der Waals surface area contributed by atoms with Crippen molar-refractivity contribution < 1.29 is 9.53 Å². The Bertz CT molecular complexity index is 935. The molecule has 154 valence electrons. The summed E-state index contributed by atoms with van der Waals surface area (Å²) >= 11 is 11.9. The third kappa shape index (κ3) is 3.62. The SMILES string of the molecule is O=C1NCC(c2ccc(Cl)cc2C2CCCC2)c2c1sc(N1CCOCC1)c2Br. The molecule has 2 fully saturated rings. The van der Waals surface area contributed by atoms with Crippen molar-refractivity contribution in [2.45, 2.75) is 37.5 Å². The molecule has 1 N–H and O–H groups in total. The second kappa shape index (κ2) is 8.22. The highest BCUT2D eigenvalue weighted by molar-refractivity contribution is 9.10. The van der Waals surface area contributed by atoms with E-state index in [0.717, 1.165) is 51.2 Å². The Kier molecular flexibility index (Phi) is 5.63. The van der Waals surface area contributed by atoms with Gasteiger partial charge in [-0.05, 0) is 57.9 Å². The third-order valence-electron chi connectivity index (χ3n) is 6.41. The fourth-order valence-corrected chi connectivity index (χ4v) is 7.46. The van der Waals surface area contributed by atoms with E-state index in [1.165, 1.54) is 36.8 Å². The minimum absolute atomic E-state index is 0.0397. The number of morpholine rings is 1. The molecule has 1 saturated carbocycles. The number of carbonyl (C=O) groups excluding carboxylic acids is 1. The molecule has 2 aliphatic heterocycles. The lowest BCUT2D eigenvalue weighted by Gasteiger charge is -2.29. The van der Waals surface area contributed by atoms with E-state index in [0.29, 0.717) is 12.5 Å². The minimum atomic E-state index is 0.0397.